The number of carbonyl (C=O) groups is 1. The van der Waals surface area contributed by atoms with Crippen LogP contribution in [-0.2, 0) is 21.2 Å². The molecule has 2 aliphatic rings. The van der Waals surface area contributed by atoms with Crippen LogP contribution in [0.3, 0.4) is 0 Å². The summed E-state index contributed by atoms with van der Waals surface area (Å²) in [6.45, 7) is 3.56. The highest BCUT2D eigenvalue weighted by Gasteiger charge is 2.38. The van der Waals surface area contributed by atoms with Crippen molar-refractivity contribution in [2.24, 2.45) is 5.92 Å². The normalized spacial score (nSPS) is 22.8. The molecule has 1 saturated carbocycles. The molecule has 210 valence electrons. The van der Waals surface area contributed by atoms with Crippen LogP contribution in [0, 0.1) is 17.8 Å². The second-order valence-electron chi connectivity index (χ2n) is 10.7. The zero-order chi connectivity index (χ0) is 28.2. The zero-order valence-electron chi connectivity index (χ0n) is 22.7. The molecule has 2 N–H and O–H groups in total. The number of aliphatic hydroxyl groups excluding tert-OH is 1. The SMILES string of the molecule is C[C@H]1CN([C@@H](C)CO)S(=O)(=O)c2ccc(C#CC3(O)CCCC3)cc2O[C@@H]1CN(C)C(=O)Cc1ccncc1. The van der Waals surface area contributed by atoms with Gasteiger partial charge in [-0.25, -0.2) is 8.42 Å². The van der Waals surface area contributed by atoms with Gasteiger partial charge in [-0.3, -0.25) is 9.78 Å². The van der Waals surface area contributed by atoms with E-state index in [2.05, 4.69) is 16.8 Å². The van der Waals surface area contributed by atoms with Gasteiger partial charge in [0.2, 0.25) is 15.9 Å². The Hall–Kier alpha value is -2.97. The maximum atomic E-state index is 13.7. The molecule has 2 aromatic rings. The Labute approximate surface area is 230 Å². The summed E-state index contributed by atoms with van der Waals surface area (Å²) in [5, 5.41) is 20.5. The fourth-order valence-corrected chi connectivity index (χ4v) is 6.80. The lowest BCUT2D eigenvalue weighted by Gasteiger charge is -2.37. The molecular formula is C29H37N3O6S. The van der Waals surface area contributed by atoms with Gasteiger partial charge in [0.15, 0.2) is 0 Å². The first-order valence-corrected chi connectivity index (χ1v) is 14.8. The van der Waals surface area contributed by atoms with Crippen molar-refractivity contribution in [2.45, 2.75) is 68.6 Å². The highest BCUT2D eigenvalue weighted by atomic mass is 32.2. The van der Waals surface area contributed by atoms with E-state index in [1.165, 1.54) is 10.4 Å². The molecule has 1 fully saturated rings. The van der Waals surface area contributed by atoms with Crippen molar-refractivity contribution in [3.63, 3.8) is 0 Å². The average Bonchev–Trinajstić information content (AvgIpc) is 3.36. The van der Waals surface area contributed by atoms with Crippen LogP contribution in [0.1, 0.15) is 50.7 Å². The molecule has 3 atom stereocenters. The second-order valence-corrected chi connectivity index (χ2v) is 12.6. The fourth-order valence-electron chi connectivity index (χ4n) is 4.98. The van der Waals surface area contributed by atoms with E-state index in [0.29, 0.717) is 18.4 Å². The second kappa shape index (κ2) is 12.0. The molecule has 1 amide bonds. The van der Waals surface area contributed by atoms with Gasteiger partial charge in [-0.2, -0.15) is 4.31 Å². The minimum absolute atomic E-state index is 0.0180. The molecule has 2 heterocycles. The number of hydrogen-bond acceptors (Lipinski definition) is 7. The molecule has 0 spiro atoms. The molecule has 4 rings (SSSR count). The Morgan fingerprint density at radius 3 is 2.62 bits per heavy atom. The van der Waals surface area contributed by atoms with Crippen LogP contribution >= 0.6 is 0 Å². The molecule has 1 aliphatic heterocycles. The number of sulfonamides is 1. The predicted molar refractivity (Wildman–Crippen MR) is 146 cm³/mol. The maximum Gasteiger partial charge on any atom is 0.247 e. The van der Waals surface area contributed by atoms with Crippen molar-refractivity contribution in [3.05, 3.63) is 53.9 Å². The van der Waals surface area contributed by atoms with Crippen LogP contribution in [-0.4, -0.2) is 83.2 Å². The molecule has 0 radical (unpaired) electrons. The number of amides is 1. The van der Waals surface area contributed by atoms with E-state index in [0.717, 1.165) is 18.4 Å². The van der Waals surface area contributed by atoms with Gasteiger partial charge in [0.25, 0.3) is 0 Å². The van der Waals surface area contributed by atoms with E-state index in [1.54, 1.807) is 55.5 Å². The van der Waals surface area contributed by atoms with Crippen LogP contribution in [0.25, 0.3) is 0 Å². The van der Waals surface area contributed by atoms with Gasteiger partial charge in [0.05, 0.1) is 19.6 Å². The Bertz CT molecular complexity index is 1330. The Morgan fingerprint density at radius 1 is 1.26 bits per heavy atom. The lowest BCUT2D eigenvalue weighted by atomic mass is 10.0. The minimum Gasteiger partial charge on any atom is -0.487 e. The van der Waals surface area contributed by atoms with E-state index in [-0.39, 0.29) is 48.6 Å². The van der Waals surface area contributed by atoms with Crippen molar-refractivity contribution < 1.29 is 28.2 Å². The lowest BCUT2D eigenvalue weighted by molar-refractivity contribution is -0.130. The van der Waals surface area contributed by atoms with Crippen molar-refractivity contribution in [1.29, 1.82) is 0 Å². The quantitative estimate of drug-likeness (QED) is 0.525. The summed E-state index contributed by atoms with van der Waals surface area (Å²) in [6, 6.07) is 7.60. The van der Waals surface area contributed by atoms with Crippen LogP contribution in [0.2, 0.25) is 0 Å². The van der Waals surface area contributed by atoms with Crippen molar-refractivity contribution in [1.82, 2.24) is 14.2 Å². The number of benzene rings is 1. The van der Waals surface area contributed by atoms with Gasteiger partial charge in [-0.15, -0.1) is 0 Å². The highest BCUT2D eigenvalue weighted by molar-refractivity contribution is 7.89. The number of carbonyl (C=O) groups excluding carboxylic acids is 1. The van der Waals surface area contributed by atoms with E-state index in [9.17, 15) is 23.4 Å². The first-order valence-electron chi connectivity index (χ1n) is 13.3. The number of aliphatic hydroxyl groups is 2. The topological polar surface area (TPSA) is 120 Å². The first kappa shape index (κ1) is 29.0. The Balaban J connectivity index is 1.66. The third-order valence-corrected chi connectivity index (χ3v) is 9.54. The Kier molecular flexibility index (Phi) is 8.96. The van der Waals surface area contributed by atoms with Gasteiger partial charge in [-0.1, -0.05) is 18.8 Å². The average molecular weight is 556 g/mol. The standard InChI is InChI=1S/C29H37N3O6S/c1-21-18-32(22(2)20-33)39(36,37)27-7-6-23(8-13-29(35)11-4-5-12-29)16-25(27)38-26(21)19-31(3)28(34)17-24-9-14-30-15-10-24/h6-7,9-10,14-16,21-22,26,33,35H,4-5,11-12,17-20H2,1-3H3/t21-,22-,26+/m0/s1. The molecule has 0 bridgehead atoms. The van der Waals surface area contributed by atoms with Gasteiger partial charge < -0.3 is 19.8 Å². The number of aromatic nitrogens is 1. The number of ether oxygens (including phenoxy) is 1. The van der Waals surface area contributed by atoms with E-state index < -0.39 is 27.8 Å². The van der Waals surface area contributed by atoms with Gasteiger partial charge in [0.1, 0.15) is 22.4 Å². The van der Waals surface area contributed by atoms with Gasteiger partial charge >= 0.3 is 0 Å². The number of hydrogen-bond donors (Lipinski definition) is 2. The molecule has 1 aromatic carbocycles. The van der Waals surface area contributed by atoms with Crippen LogP contribution in [0.15, 0.2) is 47.6 Å². The van der Waals surface area contributed by atoms with Gasteiger partial charge in [0, 0.05) is 43.5 Å². The zero-order valence-corrected chi connectivity index (χ0v) is 23.5. The van der Waals surface area contributed by atoms with Crippen molar-refractivity contribution in [3.8, 4) is 17.6 Å². The molecule has 9 nitrogen and oxygen atoms in total. The van der Waals surface area contributed by atoms with Crippen LogP contribution in [0.4, 0.5) is 0 Å². The van der Waals surface area contributed by atoms with E-state index >= 15 is 0 Å². The van der Waals surface area contributed by atoms with Crippen molar-refractivity contribution >= 4 is 15.9 Å². The molecule has 1 aromatic heterocycles. The molecule has 39 heavy (non-hydrogen) atoms. The van der Waals surface area contributed by atoms with Crippen LogP contribution in [0.5, 0.6) is 5.75 Å². The third kappa shape index (κ3) is 6.79. The summed E-state index contributed by atoms with van der Waals surface area (Å²) >= 11 is 0. The number of pyridine rings is 1. The summed E-state index contributed by atoms with van der Waals surface area (Å²) in [4.78, 5) is 18.5. The molecule has 1 aliphatic carbocycles. The molecule has 0 saturated heterocycles. The maximum absolute atomic E-state index is 13.7. The highest BCUT2D eigenvalue weighted by Crippen LogP contribution is 2.34. The lowest BCUT2D eigenvalue weighted by Crippen LogP contribution is -2.50. The number of likely N-dealkylation sites (N-methyl/N-ethyl adjacent to an activating group) is 1. The van der Waals surface area contributed by atoms with E-state index in [4.69, 9.17) is 4.74 Å². The largest absolute Gasteiger partial charge is 0.487 e. The number of fused-ring (bicyclic) bond motifs is 1. The summed E-state index contributed by atoms with van der Waals surface area (Å²) in [5.74, 6) is 5.70. The number of nitrogens with zero attached hydrogens (tertiary/aromatic N) is 3. The fraction of sp³-hybridized carbons (Fsp3) is 0.517. The summed E-state index contributed by atoms with van der Waals surface area (Å²) < 4.78 is 35.0. The summed E-state index contributed by atoms with van der Waals surface area (Å²) in [7, 11) is -2.29. The first-order chi connectivity index (χ1) is 18.5. The third-order valence-electron chi connectivity index (χ3n) is 7.52. The Morgan fingerprint density at radius 2 is 1.95 bits per heavy atom. The minimum atomic E-state index is -3.99. The smallest absolute Gasteiger partial charge is 0.247 e. The summed E-state index contributed by atoms with van der Waals surface area (Å²) in [6.07, 6.45) is 6.03. The molecule has 10 heteroatoms. The van der Waals surface area contributed by atoms with Gasteiger partial charge in [-0.05, 0) is 68.5 Å². The van der Waals surface area contributed by atoms with E-state index in [1.807, 2.05) is 6.92 Å². The predicted octanol–water partition coefficient (Wildman–Crippen LogP) is 2.21. The monoisotopic (exact) mass is 555 g/mol. The molecular weight excluding hydrogens is 518 g/mol. The number of rotatable bonds is 6. The summed E-state index contributed by atoms with van der Waals surface area (Å²) in [5.41, 5.74) is 0.347. The van der Waals surface area contributed by atoms with Crippen LogP contribution < -0.4 is 4.74 Å². The van der Waals surface area contributed by atoms with Crippen molar-refractivity contribution in [2.75, 3.05) is 26.7 Å². The molecule has 0 unspecified atom stereocenters.